The van der Waals surface area contributed by atoms with Gasteiger partial charge in [0.25, 0.3) is 0 Å². The topological polar surface area (TPSA) is 44.7 Å². The van der Waals surface area contributed by atoms with E-state index in [1.54, 1.807) is 0 Å². The van der Waals surface area contributed by atoms with E-state index in [-0.39, 0.29) is 12.1 Å². The molecule has 100 valence electrons. The molecule has 0 aromatic heterocycles. The summed E-state index contributed by atoms with van der Waals surface area (Å²) in [5.74, 6) is 0.532. The first-order valence-electron chi connectivity index (χ1n) is 6.86. The van der Waals surface area contributed by atoms with Crippen molar-refractivity contribution in [3.8, 4) is 0 Å². The molecule has 2 aliphatic heterocycles. The first-order valence-corrected chi connectivity index (χ1v) is 6.86. The molecule has 2 aliphatic rings. The Bertz CT molecular complexity index is 242. The molecule has 4 heteroatoms. The summed E-state index contributed by atoms with van der Waals surface area (Å²) in [5, 5.41) is 13.3. The molecule has 2 heterocycles. The van der Waals surface area contributed by atoms with E-state index in [0.29, 0.717) is 12.0 Å². The number of hydrogen-bond acceptors (Lipinski definition) is 4. The zero-order valence-corrected chi connectivity index (χ0v) is 11.1. The molecule has 4 nitrogen and oxygen atoms in total. The third-order valence-electron chi connectivity index (χ3n) is 4.31. The molecule has 0 radical (unpaired) electrons. The number of aliphatic hydroxyl groups excluding tert-OH is 1. The fourth-order valence-electron chi connectivity index (χ4n) is 3.03. The van der Waals surface area contributed by atoms with E-state index in [9.17, 15) is 5.11 Å². The Hall–Kier alpha value is -0.160. The van der Waals surface area contributed by atoms with Crippen LogP contribution in [0.15, 0.2) is 0 Å². The molecule has 0 aromatic rings. The molecule has 0 bridgehead atoms. The highest BCUT2D eigenvalue weighted by molar-refractivity contribution is 4.97. The third kappa shape index (κ3) is 2.81. The zero-order valence-electron chi connectivity index (χ0n) is 11.1. The quantitative estimate of drug-likeness (QED) is 0.754. The monoisotopic (exact) mass is 242 g/mol. The van der Waals surface area contributed by atoms with Gasteiger partial charge in [0.2, 0.25) is 0 Å². The minimum absolute atomic E-state index is 0.0325. The first-order chi connectivity index (χ1) is 8.18. The molecule has 0 spiro atoms. The Balaban J connectivity index is 2.06. The van der Waals surface area contributed by atoms with E-state index in [1.807, 2.05) is 0 Å². The number of rotatable bonds is 3. The van der Waals surface area contributed by atoms with Crippen molar-refractivity contribution in [1.82, 2.24) is 10.2 Å². The van der Waals surface area contributed by atoms with Crippen molar-refractivity contribution in [3.63, 3.8) is 0 Å². The predicted molar refractivity (Wildman–Crippen MR) is 68.1 cm³/mol. The van der Waals surface area contributed by atoms with E-state index in [2.05, 4.69) is 24.1 Å². The van der Waals surface area contributed by atoms with Gasteiger partial charge in [0.05, 0.1) is 12.7 Å². The molecule has 0 amide bonds. The molecule has 2 fully saturated rings. The number of ether oxygens (including phenoxy) is 1. The van der Waals surface area contributed by atoms with Crippen LogP contribution in [-0.2, 0) is 4.74 Å². The molecular weight excluding hydrogens is 216 g/mol. The van der Waals surface area contributed by atoms with Crippen LogP contribution in [0.5, 0.6) is 0 Å². The maximum atomic E-state index is 9.88. The molecule has 0 aliphatic carbocycles. The predicted octanol–water partition coefficient (Wildman–Crippen LogP) is 0.458. The van der Waals surface area contributed by atoms with Gasteiger partial charge < -0.3 is 15.2 Å². The minimum Gasteiger partial charge on any atom is -0.394 e. The summed E-state index contributed by atoms with van der Waals surface area (Å²) >= 11 is 0. The van der Waals surface area contributed by atoms with Gasteiger partial charge in [0, 0.05) is 38.3 Å². The number of nitrogens with one attached hydrogen (secondary N) is 1. The van der Waals surface area contributed by atoms with Gasteiger partial charge in [0.1, 0.15) is 0 Å². The van der Waals surface area contributed by atoms with Gasteiger partial charge in [-0.05, 0) is 18.8 Å². The average molecular weight is 242 g/mol. The Kier molecular flexibility index (Phi) is 4.42. The van der Waals surface area contributed by atoms with Gasteiger partial charge >= 0.3 is 0 Å². The lowest BCUT2D eigenvalue weighted by atomic mass is 9.82. The second-order valence-corrected chi connectivity index (χ2v) is 5.73. The number of aliphatic hydroxyl groups is 1. The Labute approximate surface area is 104 Å². The average Bonchev–Trinajstić information content (AvgIpc) is 2.39. The lowest BCUT2D eigenvalue weighted by Crippen LogP contribution is -2.61. The van der Waals surface area contributed by atoms with Crippen LogP contribution >= 0.6 is 0 Å². The molecular formula is C13H26N2O2. The van der Waals surface area contributed by atoms with E-state index in [4.69, 9.17) is 4.74 Å². The summed E-state index contributed by atoms with van der Waals surface area (Å²) in [4.78, 5) is 2.47. The summed E-state index contributed by atoms with van der Waals surface area (Å²) in [6.45, 7) is 9.62. The minimum atomic E-state index is -0.0325. The van der Waals surface area contributed by atoms with Crippen LogP contribution in [-0.4, -0.2) is 61.0 Å². The number of hydrogen-bond donors (Lipinski definition) is 2. The highest BCUT2D eigenvalue weighted by Gasteiger charge is 2.42. The maximum absolute atomic E-state index is 9.88. The smallest absolute Gasteiger partial charge is 0.0617 e. The van der Waals surface area contributed by atoms with Gasteiger partial charge in [-0.1, -0.05) is 13.8 Å². The molecule has 2 atom stereocenters. The lowest BCUT2D eigenvalue weighted by Gasteiger charge is -2.49. The fourth-order valence-corrected chi connectivity index (χ4v) is 3.03. The summed E-state index contributed by atoms with van der Waals surface area (Å²) in [5.41, 5.74) is -0.0325. The maximum Gasteiger partial charge on any atom is 0.0617 e. The van der Waals surface area contributed by atoms with Crippen LogP contribution in [0, 0.1) is 5.92 Å². The summed E-state index contributed by atoms with van der Waals surface area (Å²) in [7, 11) is 0. The Morgan fingerprint density at radius 2 is 2.12 bits per heavy atom. The second kappa shape index (κ2) is 5.65. The molecule has 2 unspecified atom stereocenters. The van der Waals surface area contributed by atoms with Crippen LogP contribution in [0.3, 0.4) is 0 Å². The van der Waals surface area contributed by atoms with Crippen LogP contribution in [0.2, 0.25) is 0 Å². The van der Waals surface area contributed by atoms with Crippen molar-refractivity contribution in [3.05, 3.63) is 0 Å². The standard InChI is InChI=1S/C13H26N2O2/c1-11(2)12-9-13(10-16,3-8-17-12)15-6-4-14-5-7-15/h11-12,14,16H,3-10H2,1-2H3. The highest BCUT2D eigenvalue weighted by Crippen LogP contribution is 2.33. The first kappa shape index (κ1) is 13.3. The van der Waals surface area contributed by atoms with Gasteiger partial charge in [-0.2, -0.15) is 0 Å². The summed E-state index contributed by atoms with van der Waals surface area (Å²) < 4.78 is 5.83. The van der Waals surface area contributed by atoms with E-state index < -0.39 is 0 Å². The van der Waals surface area contributed by atoms with Crippen LogP contribution in [0.25, 0.3) is 0 Å². The van der Waals surface area contributed by atoms with Gasteiger partial charge in [-0.3, -0.25) is 4.90 Å². The van der Waals surface area contributed by atoms with Gasteiger partial charge in [-0.15, -0.1) is 0 Å². The van der Waals surface area contributed by atoms with Crippen LogP contribution < -0.4 is 5.32 Å². The molecule has 0 saturated carbocycles. The van der Waals surface area contributed by atoms with Crippen molar-refractivity contribution in [1.29, 1.82) is 0 Å². The van der Waals surface area contributed by atoms with Crippen LogP contribution in [0.4, 0.5) is 0 Å². The molecule has 2 rings (SSSR count). The van der Waals surface area contributed by atoms with E-state index in [1.165, 1.54) is 0 Å². The highest BCUT2D eigenvalue weighted by atomic mass is 16.5. The zero-order chi connectivity index (χ0) is 12.3. The number of nitrogens with zero attached hydrogens (tertiary/aromatic N) is 1. The second-order valence-electron chi connectivity index (χ2n) is 5.73. The molecule has 2 saturated heterocycles. The molecule has 2 N–H and O–H groups in total. The van der Waals surface area contributed by atoms with Gasteiger partial charge in [0.15, 0.2) is 0 Å². The van der Waals surface area contributed by atoms with Gasteiger partial charge in [-0.25, -0.2) is 0 Å². The lowest BCUT2D eigenvalue weighted by molar-refractivity contribution is -0.110. The Morgan fingerprint density at radius 3 is 2.71 bits per heavy atom. The van der Waals surface area contributed by atoms with Crippen molar-refractivity contribution in [2.75, 3.05) is 39.4 Å². The normalized spacial score (nSPS) is 36.4. The SMILES string of the molecule is CC(C)C1CC(CO)(N2CCNCC2)CCO1. The Morgan fingerprint density at radius 1 is 1.41 bits per heavy atom. The van der Waals surface area contributed by atoms with E-state index in [0.717, 1.165) is 45.6 Å². The molecule has 0 aromatic carbocycles. The van der Waals surface area contributed by atoms with Crippen molar-refractivity contribution >= 4 is 0 Å². The van der Waals surface area contributed by atoms with Crippen molar-refractivity contribution in [2.45, 2.75) is 38.3 Å². The van der Waals surface area contributed by atoms with E-state index >= 15 is 0 Å². The largest absolute Gasteiger partial charge is 0.394 e. The van der Waals surface area contributed by atoms with Crippen molar-refractivity contribution < 1.29 is 9.84 Å². The summed E-state index contributed by atoms with van der Waals surface area (Å²) in [6, 6.07) is 0. The third-order valence-corrected chi connectivity index (χ3v) is 4.31. The van der Waals surface area contributed by atoms with Crippen molar-refractivity contribution in [2.24, 2.45) is 5.92 Å². The van der Waals surface area contributed by atoms with Crippen LogP contribution in [0.1, 0.15) is 26.7 Å². The summed E-state index contributed by atoms with van der Waals surface area (Å²) in [6.07, 6.45) is 2.24. The fraction of sp³-hybridized carbons (Fsp3) is 1.00. The number of piperazine rings is 1. The molecule has 17 heavy (non-hydrogen) atoms.